The molecule has 1 rings (SSSR count). The van der Waals surface area contributed by atoms with E-state index in [-0.39, 0.29) is 17.4 Å². The van der Waals surface area contributed by atoms with E-state index in [0.29, 0.717) is 19.0 Å². The lowest BCUT2D eigenvalue weighted by atomic mass is 10.2. The molecule has 0 N–H and O–H groups in total. The van der Waals surface area contributed by atoms with Gasteiger partial charge in [0.15, 0.2) is 11.6 Å². The van der Waals surface area contributed by atoms with Crippen molar-refractivity contribution in [1.29, 1.82) is 0 Å². The molecule has 0 aromatic heterocycles. The normalized spacial score (nSPS) is 10.2. The monoisotopic (exact) mass is 499 g/mol. The summed E-state index contributed by atoms with van der Waals surface area (Å²) in [6, 6.07) is 2.80. The van der Waals surface area contributed by atoms with Gasteiger partial charge in [-0.25, -0.2) is 4.39 Å². The number of halogens is 4. The molecule has 0 bridgehead atoms. The van der Waals surface area contributed by atoms with Crippen molar-refractivity contribution >= 4 is 49.2 Å². The standard InChI is InChI=1S/C17H21Br2ClFNO3/c1-12(2)22-25-8-5-3-4-7-24-17-14(20)10-13(11-15(17)21)23-9-6-16(18)19/h6,10-11H,3-5,7-9H2,1-2H3. The zero-order chi connectivity index (χ0) is 18.7. The minimum atomic E-state index is -0.541. The van der Waals surface area contributed by atoms with Crippen LogP contribution in [0.15, 0.2) is 26.8 Å². The van der Waals surface area contributed by atoms with Gasteiger partial charge in [0.1, 0.15) is 19.0 Å². The summed E-state index contributed by atoms with van der Waals surface area (Å²) in [5, 5.41) is 4.04. The van der Waals surface area contributed by atoms with Crippen LogP contribution in [0.3, 0.4) is 0 Å². The van der Waals surface area contributed by atoms with Gasteiger partial charge in [-0.3, -0.25) is 0 Å². The molecule has 1 aromatic rings. The van der Waals surface area contributed by atoms with Crippen molar-refractivity contribution in [2.24, 2.45) is 5.16 Å². The van der Waals surface area contributed by atoms with Crippen LogP contribution in [0.25, 0.3) is 0 Å². The molecular formula is C17H21Br2ClFNO3. The van der Waals surface area contributed by atoms with Crippen LogP contribution in [0.2, 0.25) is 5.02 Å². The number of benzene rings is 1. The molecule has 0 heterocycles. The molecule has 25 heavy (non-hydrogen) atoms. The minimum Gasteiger partial charge on any atom is -0.489 e. The Labute approximate surface area is 169 Å². The Hall–Kier alpha value is -0.790. The van der Waals surface area contributed by atoms with Gasteiger partial charge < -0.3 is 14.3 Å². The summed E-state index contributed by atoms with van der Waals surface area (Å²) in [5.41, 5.74) is 0.886. The molecule has 140 valence electrons. The summed E-state index contributed by atoms with van der Waals surface area (Å²) in [6.07, 6.45) is 4.27. The number of rotatable bonds is 11. The Morgan fingerprint density at radius 1 is 1.16 bits per heavy atom. The first-order chi connectivity index (χ1) is 11.9. The highest BCUT2D eigenvalue weighted by molar-refractivity contribution is 9.28. The van der Waals surface area contributed by atoms with E-state index in [1.54, 1.807) is 6.08 Å². The Bertz CT molecular complexity index is 581. The van der Waals surface area contributed by atoms with Gasteiger partial charge in [-0.05, 0) is 71.0 Å². The summed E-state index contributed by atoms with van der Waals surface area (Å²) >= 11 is 12.5. The van der Waals surface area contributed by atoms with E-state index >= 15 is 0 Å². The fourth-order valence-electron chi connectivity index (χ4n) is 1.75. The second-order valence-corrected chi connectivity index (χ2v) is 8.48. The number of hydrogen-bond acceptors (Lipinski definition) is 4. The van der Waals surface area contributed by atoms with Crippen LogP contribution in [0.4, 0.5) is 4.39 Å². The lowest BCUT2D eigenvalue weighted by Gasteiger charge is -2.11. The first-order valence-corrected chi connectivity index (χ1v) is 9.75. The Kier molecular flexibility index (Phi) is 11.2. The van der Waals surface area contributed by atoms with Crippen molar-refractivity contribution in [3.8, 4) is 11.5 Å². The topological polar surface area (TPSA) is 40.0 Å². The number of oxime groups is 1. The molecule has 0 atom stereocenters. The van der Waals surface area contributed by atoms with E-state index in [4.69, 9.17) is 25.9 Å². The zero-order valence-electron chi connectivity index (χ0n) is 14.2. The van der Waals surface area contributed by atoms with Gasteiger partial charge in [-0.15, -0.1) is 0 Å². The van der Waals surface area contributed by atoms with Crippen molar-refractivity contribution in [2.75, 3.05) is 19.8 Å². The predicted molar refractivity (Wildman–Crippen MR) is 107 cm³/mol. The highest BCUT2D eigenvalue weighted by Gasteiger charge is 2.12. The second kappa shape index (κ2) is 12.5. The van der Waals surface area contributed by atoms with Crippen LogP contribution in [-0.2, 0) is 4.84 Å². The Morgan fingerprint density at radius 3 is 2.52 bits per heavy atom. The van der Waals surface area contributed by atoms with Crippen LogP contribution in [0.5, 0.6) is 11.5 Å². The smallest absolute Gasteiger partial charge is 0.173 e. The maximum atomic E-state index is 14.1. The quantitative estimate of drug-likeness (QED) is 0.199. The number of ether oxygens (including phenoxy) is 2. The van der Waals surface area contributed by atoms with Crippen LogP contribution in [0.1, 0.15) is 33.1 Å². The third kappa shape index (κ3) is 10.1. The third-order valence-corrected chi connectivity index (χ3v) is 3.76. The average Bonchev–Trinajstić information content (AvgIpc) is 2.51. The van der Waals surface area contributed by atoms with Gasteiger partial charge in [0.05, 0.1) is 20.7 Å². The molecule has 0 aliphatic rings. The zero-order valence-corrected chi connectivity index (χ0v) is 18.1. The highest BCUT2D eigenvalue weighted by atomic mass is 79.9. The predicted octanol–water partition coefficient (Wildman–Crippen LogP) is 6.45. The van der Waals surface area contributed by atoms with Crippen molar-refractivity contribution in [1.82, 2.24) is 0 Å². The van der Waals surface area contributed by atoms with E-state index in [1.165, 1.54) is 12.1 Å². The largest absolute Gasteiger partial charge is 0.489 e. The van der Waals surface area contributed by atoms with Crippen LogP contribution >= 0.6 is 43.5 Å². The van der Waals surface area contributed by atoms with Gasteiger partial charge in [0.25, 0.3) is 0 Å². The van der Waals surface area contributed by atoms with Crippen LogP contribution in [-0.4, -0.2) is 25.5 Å². The molecule has 0 amide bonds. The molecule has 4 nitrogen and oxygen atoms in total. The van der Waals surface area contributed by atoms with Gasteiger partial charge >= 0.3 is 0 Å². The van der Waals surface area contributed by atoms with E-state index in [0.717, 1.165) is 28.4 Å². The fourth-order valence-corrected chi connectivity index (χ4v) is 2.27. The second-order valence-electron chi connectivity index (χ2n) is 5.30. The molecule has 0 fully saturated rings. The lowest BCUT2D eigenvalue weighted by Crippen LogP contribution is -2.02. The molecule has 8 heteroatoms. The number of hydrogen-bond donors (Lipinski definition) is 0. The Balaban J connectivity index is 2.36. The molecule has 0 saturated heterocycles. The first-order valence-electron chi connectivity index (χ1n) is 7.79. The van der Waals surface area contributed by atoms with Gasteiger partial charge in [-0.1, -0.05) is 16.8 Å². The lowest BCUT2D eigenvalue weighted by molar-refractivity contribution is 0.138. The maximum absolute atomic E-state index is 14.1. The summed E-state index contributed by atoms with van der Waals surface area (Å²) in [6.45, 7) is 4.97. The molecular weight excluding hydrogens is 480 g/mol. The van der Waals surface area contributed by atoms with Gasteiger partial charge in [0.2, 0.25) is 0 Å². The molecule has 1 aromatic carbocycles. The van der Waals surface area contributed by atoms with E-state index < -0.39 is 5.82 Å². The molecule has 0 aliphatic heterocycles. The molecule has 0 spiro atoms. The van der Waals surface area contributed by atoms with E-state index in [1.807, 2.05) is 13.8 Å². The van der Waals surface area contributed by atoms with Crippen molar-refractivity contribution in [2.45, 2.75) is 33.1 Å². The first kappa shape index (κ1) is 22.3. The van der Waals surface area contributed by atoms with Gasteiger partial charge in [-0.2, -0.15) is 0 Å². The molecule has 0 unspecified atom stereocenters. The SMILES string of the molecule is CC(C)=NOCCCCCOc1c(F)cc(OCC=C(Br)Br)cc1Cl. The Morgan fingerprint density at radius 2 is 1.88 bits per heavy atom. The van der Waals surface area contributed by atoms with Crippen LogP contribution < -0.4 is 9.47 Å². The summed E-state index contributed by atoms with van der Waals surface area (Å²) in [7, 11) is 0. The van der Waals surface area contributed by atoms with Crippen molar-refractivity contribution in [3.63, 3.8) is 0 Å². The summed E-state index contributed by atoms with van der Waals surface area (Å²) < 4.78 is 25.7. The van der Waals surface area contributed by atoms with Crippen molar-refractivity contribution < 1.29 is 18.7 Å². The molecule has 0 radical (unpaired) electrons. The third-order valence-electron chi connectivity index (χ3n) is 2.83. The van der Waals surface area contributed by atoms with Crippen LogP contribution in [0, 0.1) is 5.82 Å². The highest BCUT2D eigenvalue weighted by Crippen LogP contribution is 2.32. The number of nitrogens with zero attached hydrogens (tertiary/aromatic N) is 1. The number of unbranched alkanes of at least 4 members (excludes halogenated alkanes) is 2. The van der Waals surface area contributed by atoms with E-state index in [2.05, 4.69) is 37.0 Å². The van der Waals surface area contributed by atoms with E-state index in [9.17, 15) is 4.39 Å². The summed E-state index contributed by atoms with van der Waals surface area (Å²) in [5.74, 6) is -0.148. The maximum Gasteiger partial charge on any atom is 0.173 e. The minimum absolute atomic E-state index is 0.0497. The summed E-state index contributed by atoms with van der Waals surface area (Å²) in [4.78, 5) is 5.10. The molecule has 0 aliphatic carbocycles. The molecule has 0 saturated carbocycles. The van der Waals surface area contributed by atoms with Crippen molar-refractivity contribution in [3.05, 3.63) is 32.4 Å². The fraction of sp³-hybridized carbons (Fsp3) is 0.471. The van der Waals surface area contributed by atoms with Gasteiger partial charge in [0, 0.05) is 12.1 Å². The average molecular weight is 502 g/mol.